The fourth-order valence-electron chi connectivity index (χ4n) is 2.02. The zero-order valence-corrected chi connectivity index (χ0v) is 10.3. The smallest absolute Gasteiger partial charge is 0.225 e. The number of nitrogens with zero attached hydrogens (tertiary/aromatic N) is 1. The van der Waals surface area contributed by atoms with Crippen molar-refractivity contribution in [3.63, 3.8) is 0 Å². The molecule has 1 aliphatic rings. The molecule has 1 fully saturated rings. The number of rotatable bonds is 3. The van der Waals surface area contributed by atoms with Crippen LogP contribution in [0.2, 0.25) is 0 Å². The highest BCUT2D eigenvalue weighted by molar-refractivity contribution is 5.78. The molecule has 1 amide bonds. The van der Waals surface area contributed by atoms with Gasteiger partial charge in [-0.25, -0.2) is 0 Å². The Bertz CT molecular complexity index is 214. The molecule has 15 heavy (non-hydrogen) atoms. The zero-order chi connectivity index (χ0) is 11.4. The van der Waals surface area contributed by atoms with Gasteiger partial charge in [0.05, 0.1) is 19.3 Å². The molecule has 0 aliphatic carbocycles. The van der Waals surface area contributed by atoms with Crippen molar-refractivity contribution in [2.24, 2.45) is 11.8 Å². The summed E-state index contributed by atoms with van der Waals surface area (Å²) in [7, 11) is 0. The van der Waals surface area contributed by atoms with Crippen LogP contribution < -0.4 is 0 Å². The normalized spacial score (nSPS) is 22.5. The van der Waals surface area contributed by atoms with Gasteiger partial charge in [0.2, 0.25) is 5.91 Å². The third-order valence-corrected chi connectivity index (χ3v) is 2.75. The topological polar surface area (TPSA) is 29.5 Å². The Morgan fingerprint density at radius 1 is 1.40 bits per heavy atom. The minimum absolute atomic E-state index is 0.0952. The van der Waals surface area contributed by atoms with Crippen molar-refractivity contribution in [3.8, 4) is 0 Å². The molecule has 0 radical (unpaired) electrons. The maximum atomic E-state index is 12.0. The first kappa shape index (κ1) is 12.5. The molecule has 3 nitrogen and oxygen atoms in total. The molecular weight excluding hydrogens is 190 g/mol. The summed E-state index contributed by atoms with van der Waals surface area (Å²) in [5.41, 5.74) is 0. The van der Waals surface area contributed by atoms with E-state index in [1.807, 2.05) is 18.7 Å². The van der Waals surface area contributed by atoms with Crippen molar-refractivity contribution in [1.82, 2.24) is 4.90 Å². The van der Waals surface area contributed by atoms with Crippen LogP contribution in [0.3, 0.4) is 0 Å². The Labute approximate surface area is 92.8 Å². The van der Waals surface area contributed by atoms with E-state index >= 15 is 0 Å². The number of hydrogen-bond acceptors (Lipinski definition) is 2. The summed E-state index contributed by atoms with van der Waals surface area (Å²) in [4.78, 5) is 14.0. The molecular formula is C12H23NO2. The zero-order valence-electron chi connectivity index (χ0n) is 10.3. The van der Waals surface area contributed by atoms with Gasteiger partial charge in [-0.2, -0.15) is 0 Å². The van der Waals surface area contributed by atoms with Gasteiger partial charge >= 0.3 is 0 Å². The number of ether oxygens (including phenoxy) is 1. The lowest BCUT2D eigenvalue weighted by atomic mass is 10.0. The molecule has 88 valence electrons. The number of hydrogen-bond donors (Lipinski definition) is 0. The monoisotopic (exact) mass is 213 g/mol. The van der Waals surface area contributed by atoms with E-state index < -0.39 is 0 Å². The van der Waals surface area contributed by atoms with E-state index in [1.54, 1.807) is 0 Å². The molecule has 0 N–H and O–H groups in total. The summed E-state index contributed by atoms with van der Waals surface area (Å²) in [6.07, 6.45) is 1.04. The summed E-state index contributed by atoms with van der Waals surface area (Å²) in [5, 5.41) is 0. The summed E-state index contributed by atoms with van der Waals surface area (Å²) in [6, 6.07) is 0.286. The Hall–Kier alpha value is -0.570. The first-order valence-corrected chi connectivity index (χ1v) is 5.90. The first-order chi connectivity index (χ1) is 7.02. The Balaban J connectivity index is 2.61. The molecule has 1 atom stereocenters. The molecule has 1 unspecified atom stereocenters. The van der Waals surface area contributed by atoms with E-state index in [4.69, 9.17) is 4.74 Å². The summed E-state index contributed by atoms with van der Waals surface area (Å²) < 4.78 is 5.45. The number of amides is 1. The second-order valence-corrected chi connectivity index (χ2v) is 5.04. The maximum absolute atomic E-state index is 12.0. The van der Waals surface area contributed by atoms with Crippen molar-refractivity contribution in [2.45, 2.75) is 40.2 Å². The lowest BCUT2D eigenvalue weighted by molar-refractivity contribution is -0.143. The number of morpholine rings is 1. The van der Waals surface area contributed by atoms with Crippen LogP contribution in [0, 0.1) is 11.8 Å². The van der Waals surface area contributed by atoms with E-state index in [-0.39, 0.29) is 17.9 Å². The molecule has 0 saturated carbocycles. The van der Waals surface area contributed by atoms with Gasteiger partial charge in [-0.15, -0.1) is 0 Å². The van der Waals surface area contributed by atoms with Crippen molar-refractivity contribution in [3.05, 3.63) is 0 Å². The maximum Gasteiger partial charge on any atom is 0.225 e. The van der Waals surface area contributed by atoms with Crippen LogP contribution in [0.4, 0.5) is 0 Å². The lowest BCUT2D eigenvalue weighted by Gasteiger charge is -2.37. The van der Waals surface area contributed by atoms with Crippen LogP contribution >= 0.6 is 0 Å². The second-order valence-electron chi connectivity index (χ2n) is 5.04. The summed E-state index contributed by atoms with van der Waals surface area (Å²) in [6.45, 7) is 10.5. The van der Waals surface area contributed by atoms with Crippen LogP contribution in [0.15, 0.2) is 0 Å². The van der Waals surface area contributed by atoms with E-state index in [2.05, 4.69) is 13.8 Å². The third kappa shape index (κ3) is 3.49. The van der Waals surface area contributed by atoms with Gasteiger partial charge in [0.25, 0.3) is 0 Å². The fraction of sp³-hybridized carbons (Fsp3) is 0.917. The van der Waals surface area contributed by atoms with Gasteiger partial charge in [0.15, 0.2) is 0 Å². The first-order valence-electron chi connectivity index (χ1n) is 5.90. The molecule has 1 aliphatic heterocycles. The Kier molecular flexibility index (Phi) is 4.58. The van der Waals surface area contributed by atoms with Crippen LogP contribution in [0.25, 0.3) is 0 Å². The molecule has 1 heterocycles. The van der Waals surface area contributed by atoms with Gasteiger partial charge in [-0.05, 0) is 12.3 Å². The standard InChI is InChI=1S/C12H23NO2/c1-9(2)7-11-8-15-6-5-13(11)12(14)10(3)4/h9-11H,5-8H2,1-4H3. The predicted octanol–water partition coefficient (Wildman–Crippen LogP) is 1.92. The fourth-order valence-corrected chi connectivity index (χ4v) is 2.02. The van der Waals surface area contributed by atoms with Gasteiger partial charge in [0.1, 0.15) is 0 Å². The highest BCUT2D eigenvalue weighted by atomic mass is 16.5. The molecule has 0 aromatic heterocycles. The minimum Gasteiger partial charge on any atom is -0.377 e. The van der Waals surface area contributed by atoms with Crippen LogP contribution in [-0.4, -0.2) is 36.6 Å². The van der Waals surface area contributed by atoms with Crippen molar-refractivity contribution in [2.75, 3.05) is 19.8 Å². The van der Waals surface area contributed by atoms with Gasteiger partial charge < -0.3 is 9.64 Å². The molecule has 0 bridgehead atoms. The van der Waals surface area contributed by atoms with Crippen molar-refractivity contribution < 1.29 is 9.53 Å². The average molecular weight is 213 g/mol. The Morgan fingerprint density at radius 2 is 2.07 bits per heavy atom. The number of carbonyl (C=O) groups excluding carboxylic acids is 1. The SMILES string of the molecule is CC(C)CC1COCCN1C(=O)C(C)C. The van der Waals surface area contributed by atoms with E-state index in [0.29, 0.717) is 19.1 Å². The molecule has 1 saturated heterocycles. The largest absolute Gasteiger partial charge is 0.377 e. The molecule has 0 spiro atoms. The number of carbonyl (C=O) groups is 1. The van der Waals surface area contributed by atoms with Crippen molar-refractivity contribution >= 4 is 5.91 Å². The molecule has 1 rings (SSSR count). The predicted molar refractivity (Wildman–Crippen MR) is 60.6 cm³/mol. The Morgan fingerprint density at radius 3 is 2.60 bits per heavy atom. The van der Waals surface area contributed by atoms with Crippen LogP contribution in [0.5, 0.6) is 0 Å². The van der Waals surface area contributed by atoms with Crippen LogP contribution in [-0.2, 0) is 9.53 Å². The minimum atomic E-state index is 0.0952. The lowest BCUT2D eigenvalue weighted by Crippen LogP contribution is -2.50. The average Bonchev–Trinajstić information content (AvgIpc) is 2.16. The van der Waals surface area contributed by atoms with Gasteiger partial charge in [-0.3, -0.25) is 4.79 Å². The quantitative estimate of drug-likeness (QED) is 0.717. The highest BCUT2D eigenvalue weighted by Crippen LogP contribution is 2.17. The molecule has 0 aromatic carbocycles. The highest BCUT2D eigenvalue weighted by Gasteiger charge is 2.28. The third-order valence-electron chi connectivity index (χ3n) is 2.75. The van der Waals surface area contributed by atoms with E-state index in [1.165, 1.54) is 0 Å². The second kappa shape index (κ2) is 5.50. The summed E-state index contributed by atoms with van der Waals surface area (Å²) in [5.74, 6) is 0.973. The van der Waals surface area contributed by atoms with E-state index in [0.717, 1.165) is 13.0 Å². The van der Waals surface area contributed by atoms with Crippen LogP contribution in [0.1, 0.15) is 34.1 Å². The van der Waals surface area contributed by atoms with E-state index in [9.17, 15) is 4.79 Å². The van der Waals surface area contributed by atoms with Gasteiger partial charge in [0, 0.05) is 12.5 Å². The van der Waals surface area contributed by atoms with Crippen molar-refractivity contribution in [1.29, 1.82) is 0 Å². The molecule has 3 heteroatoms. The summed E-state index contributed by atoms with van der Waals surface area (Å²) >= 11 is 0. The van der Waals surface area contributed by atoms with Gasteiger partial charge in [-0.1, -0.05) is 27.7 Å². The molecule has 0 aromatic rings.